The topological polar surface area (TPSA) is 4.93 Å². The quantitative estimate of drug-likeness (QED) is 0.177. The number of benzene rings is 4. The second-order valence-corrected chi connectivity index (χ2v) is 10.5. The molecule has 0 radical (unpaired) electrons. The number of para-hydroxylation sites is 1. The fourth-order valence-corrected chi connectivity index (χ4v) is 6.99. The number of thiophene rings is 1. The zero-order valence-electron chi connectivity index (χ0n) is 19.3. The lowest BCUT2D eigenvalue weighted by atomic mass is 9.99. The maximum absolute atomic E-state index is 4.23. The number of aromatic nitrogens is 1. The molecule has 2 heterocycles. The van der Waals surface area contributed by atoms with E-state index < -0.39 is 0 Å². The van der Waals surface area contributed by atoms with Gasteiger partial charge in [-0.2, -0.15) is 0 Å². The van der Waals surface area contributed by atoms with Gasteiger partial charge in [-0.05, 0) is 48.2 Å². The molecule has 0 amide bonds. The van der Waals surface area contributed by atoms with Gasteiger partial charge in [0.2, 0.25) is 0 Å². The summed E-state index contributed by atoms with van der Waals surface area (Å²) in [5, 5.41) is 5.31. The third-order valence-electron chi connectivity index (χ3n) is 6.69. The van der Waals surface area contributed by atoms with E-state index in [0.29, 0.717) is 0 Å². The summed E-state index contributed by atoms with van der Waals surface area (Å²) in [6, 6.07) is 30.8. The molecule has 0 bridgehead atoms. The van der Waals surface area contributed by atoms with E-state index in [1.807, 2.05) is 17.4 Å². The summed E-state index contributed by atoms with van der Waals surface area (Å²) in [5.41, 5.74) is 4.92. The van der Waals surface area contributed by atoms with Gasteiger partial charge >= 0.3 is 0 Å². The molecule has 1 nitrogen and oxygen atoms in total. The van der Waals surface area contributed by atoms with Crippen molar-refractivity contribution in [3.8, 4) is 0 Å². The Morgan fingerprint density at radius 2 is 1.56 bits per heavy atom. The van der Waals surface area contributed by atoms with E-state index in [1.165, 1.54) is 52.4 Å². The van der Waals surface area contributed by atoms with Crippen LogP contribution in [-0.4, -0.2) is 10.8 Å². The van der Waals surface area contributed by atoms with Gasteiger partial charge < -0.3 is 4.57 Å². The molecule has 0 aliphatic heterocycles. The second-order valence-electron chi connectivity index (χ2n) is 8.61. The molecule has 4 aromatic carbocycles. The lowest BCUT2D eigenvalue weighted by molar-refractivity contribution is 0.930. The van der Waals surface area contributed by atoms with Gasteiger partial charge in [-0.1, -0.05) is 74.2 Å². The third kappa shape index (κ3) is 3.23. The van der Waals surface area contributed by atoms with Crippen molar-refractivity contribution in [1.29, 1.82) is 0 Å². The average Bonchev–Trinajstić information content (AvgIpc) is 3.42. The van der Waals surface area contributed by atoms with E-state index >= 15 is 0 Å². The maximum atomic E-state index is 4.23. The average molecular weight is 476 g/mol. The summed E-state index contributed by atoms with van der Waals surface area (Å²) in [4.78, 5) is 1.32. The highest BCUT2D eigenvalue weighted by Gasteiger charge is 2.18. The van der Waals surface area contributed by atoms with Gasteiger partial charge in [0.1, 0.15) is 0 Å². The molecule has 34 heavy (non-hydrogen) atoms. The van der Waals surface area contributed by atoms with E-state index in [4.69, 9.17) is 0 Å². The first-order valence-corrected chi connectivity index (χ1v) is 13.6. The van der Waals surface area contributed by atoms with Crippen LogP contribution >= 0.6 is 23.1 Å². The predicted molar refractivity (Wildman–Crippen MR) is 153 cm³/mol. The zero-order chi connectivity index (χ0) is 23.2. The van der Waals surface area contributed by atoms with Crippen LogP contribution in [0.1, 0.15) is 18.4 Å². The highest BCUT2D eigenvalue weighted by Crippen LogP contribution is 2.43. The highest BCUT2D eigenvalue weighted by atomic mass is 32.2. The summed E-state index contributed by atoms with van der Waals surface area (Å²) in [5.74, 6) is 0.263. The van der Waals surface area contributed by atoms with Crippen LogP contribution in [-0.2, 0) is 0 Å². The summed E-state index contributed by atoms with van der Waals surface area (Å²) >= 11 is 3.68. The first-order valence-electron chi connectivity index (χ1n) is 11.5. The van der Waals surface area contributed by atoms with E-state index in [0.717, 1.165) is 5.70 Å². The first kappa shape index (κ1) is 21.3. The van der Waals surface area contributed by atoms with Crippen LogP contribution < -0.4 is 0 Å². The maximum Gasteiger partial charge on any atom is 0.0548 e. The first-order chi connectivity index (χ1) is 16.7. The predicted octanol–water partition coefficient (Wildman–Crippen LogP) is 9.71. The summed E-state index contributed by atoms with van der Waals surface area (Å²) < 4.78 is 5.06. The Morgan fingerprint density at radius 3 is 2.38 bits per heavy atom. The van der Waals surface area contributed by atoms with Crippen LogP contribution in [0.2, 0.25) is 0 Å². The lowest BCUT2D eigenvalue weighted by Crippen LogP contribution is -1.99. The number of hydrogen-bond donors (Lipinski definition) is 0. The Morgan fingerprint density at radius 1 is 0.824 bits per heavy atom. The van der Waals surface area contributed by atoms with Crippen LogP contribution in [0.15, 0.2) is 109 Å². The molecule has 6 rings (SSSR count). The fraction of sp³-hybridized carbons (Fsp3) is 0.0968. The van der Waals surface area contributed by atoms with Crippen LogP contribution in [0.25, 0.3) is 47.7 Å². The Hall–Kier alpha value is -3.27. The largest absolute Gasteiger partial charge is 0.310 e. The van der Waals surface area contributed by atoms with Crippen molar-refractivity contribution in [2.75, 3.05) is 6.26 Å². The van der Waals surface area contributed by atoms with Crippen molar-refractivity contribution in [3.05, 3.63) is 109 Å². The molecule has 6 aromatic rings. The van der Waals surface area contributed by atoms with Gasteiger partial charge in [0, 0.05) is 47.5 Å². The Kier molecular flexibility index (Phi) is 5.32. The smallest absolute Gasteiger partial charge is 0.0548 e. The van der Waals surface area contributed by atoms with Gasteiger partial charge in [-0.15, -0.1) is 23.1 Å². The van der Waals surface area contributed by atoms with Crippen molar-refractivity contribution in [2.45, 2.75) is 17.7 Å². The molecule has 0 N–H and O–H groups in total. The number of nitrogens with zero attached hydrogens (tertiary/aromatic N) is 1. The highest BCUT2D eigenvalue weighted by molar-refractivity contribution is 7.98. The molecule has 0 saturated carbocycles. The van der Waals surface area contributed by atoms with E-state index in [2.05, 4.69) is 115 Å². The second kappa shape index (κ2) is 8.50. The molecule has 0 fully saturated rings. The van der Waals surface area contributed by atoms with Gasteiger partial charge in [0.25, 0.3) is 0 Å². The molecule has 3 heteroatoms. The fourth-order valence-electron chi connectivity index (χ4n) is 5.17. The van der Waals surface area contributed by atoms with Gasteiger partial charge in [-0.3, -0.25) is 0 Å². The molecule has 1 unspecified atom stereocenters. The number of rotatable bonds is 5. The number of fused-ring (bicyclic) bond motifs is 7. The summed E-state index contributed by atoms with van der Waals surface area (Å²) in [6.07, 6.45) is 6.50. The zero-order valence-corrected chi connectivity index (χ0v) is 20.9. The van der Waals surface area contributed by atoms with Gasteiger partial charge in [0.05, 0.1) is 11.0 Å². The normalized spacial score (nSPS) is 13.3. The molecule has 0 aliphatic carbocycles. The minimum absolute atomic E-state index is 0.263. The Bertz CT molecular complexity index is 1730. The van der Waals surface area contributed by atoms with E-state index in [9.17, 15) is 0 Å². The minimum Gasteiger partial charge on any atom is -0.310 e. The minimum atomic E-state index is 0.263. The van der Waals surface area contributed by atoms with Gasteiger partial charge in [-0.25, -0.2) is 0 Å². The van der Waals surface area contributed by atoms with E-state index in [1.54, 1.807) is 11.8 Å². The van der Waals surface area contributed by atoms with Crippen molar-refractivity contribution < 1.29 is 0 Å². The molecule has 0 aliphatic rings. The third-order valence-corrected chi connectivity index (χ3v) is 8.64. The van der Waals surface area contributed by atoms with Crippen molar-refractivity contribution in [3.63, 3.8) is 0 Å². The van der Waals surface area contributed by atoms with Crippen molar-refractivity contribution in [2.24, 2.45) is 0 Å². The van der Waals surface area contributed by atoms with Crippen LogP contribution in [0.3, 0.4) is 0 Å². The number of allylic oxidation sites excluding steroid dienone is 3. The lowest BCUT2D eigenvalue weighted by Gasteiger charge is -2.15. The van der Waals surface area contributed by atoms with Gasteiger partial charge in [0.15, 0.2) is 0 Å². The standard InChI is InChI=1S/C31H25NS2/c1-4-21(19-20(2)22-11-6-9-15-27(22)33-3)32-25-14-8-5-12-23(25)30-26(32)17-18-29-31(30)24-13-7-10-16-28(24)34-29/h4-20H,1H2,2-3H3/b21-19+. The molecular formula is C31H25NS2. The molecule has 0 saturated heterocycles. The molecule has 166 valence electrons. The monoisotopic (exact) mass is 475 g/mol. The Balaban J connectivity index is 1.67. The molecular weight excluding hydrogens is 450 g/mol. The van der Waals surface area contributed by atoms with Crippen LogP contribution in [0, 0.1) is 0 Å². The number of hydrogen-bond acceptors (Lipinski definition) is 2. The summed E-state index contributed by atoms with van der Waals surface area (Å²) in [7, 11) is 0. The van der Waals surface area contributed by atoms with Crippen molar-refractivity contribution in [1.82, 2.24) is 4.57 Å². The molecule has 1 atom stereocenters. The van der Waals surface area contributed by atoms with E-state index in [-0.39, 0.29) is 5.92 Å². The SMILES string of the molecule is C=C/C(=C\C(C)c1ccccc1SC)n1c2ccccc2c2c3c(ccc21)sc1ccccc13. The number of thioether (sulfide) groups is 1. The van der Waals surface area contributed by atoms with Crippen LogP contribution in [0.5, 0.6) is 0 Å². The molecule has 0 spiro atoms. The Labute approximate surface area is 208 Å². The van der Waals surface area contributed by atoms with Crippen LogP contribution in [0.4, 0.5) is 0 Å². The van der Waals surface area contributed by atoms with Crippen molar-refractivity contribution >= 4 is 70.8 Å². The molecule has 2 aromatic heterocycles. The summed E-state index contributed by atoms with van der Waals surface area (Å²) in [6.45, 7) is 6.50.